The summed E-state index contributed by atoms with van der Waals surface area (Å²) in [5.41, 5.74) is 0.310. The van der Waals surface area contributed by atoms with Gasteiger partial charge in [-0.05, 0) is 24.3 Å². The van der Waals surface area contributed by atoms with E-state index in [2.05, 4.69) is 9.97 Å². The van der Waals surface area contributed by atoms with Crippen LogP contribution in [0.1, 0.15) is 0 Å². The molecule has 0 radical (unpaired) electrons. The summed E-state index contributed by atoms with van der Waals surface area (Å²) in [4.78, 5) is 20.4. The van der Waals surface area contributed by atoms with E-state index in [-0.39, 0.29) is 5.56 Å². The third-order valence-corrected chi connectivity index (χ3v) is 4.65. The van der Waals surface area contributed by atoms with Crippen molar-refractivity contribution < 1.29 is 4.21 Å². The monoisotopic (exact) mass is 302 g/mol. The van der Waals surface area contributed by atoms with Crippen LogP contribution in [-0.4, -0.2) is 20.4 Å². The van der Waals surface area contributed by atoms with Crippen molar-refractivity contribution in [2.24, 2.45) is 0 Å². The average molecular weight is 302 g/mol. The first-order valence-electron chi connectivity index (χ1n) is 5.86. The summed E-state index contributed by atoms with van der Waals surface area (Å²) in [6.45, 7) is 0. The molecule has 0 spiro atoms. The first kappa shape index (κ1) is 13.1. The Morgan fingerprint density at radius 2 is 1.85 bits per heavy atom. The van der Waals surface area contributed by atoms with Crippen molar-refractivity contribution in [1.82, 2.24) is 9.97 Å². The second kappa shape index (κ2) is 5.22. The lowest BCUT2D eigenvalue weighted by atomic mass is 10.3. The summed E-state index contributed by atoms with van der Waals surface area (Å²) in [5, 5.41) is 1.63. The number of fused-ring (bicyclic) bond motifs is 1. The fourth-order valence-corrected chi connectivity index (χ4v) is 3.28. The molecule has 100 valence electrons. The van der Waals surface area contributed by atoms with E-state index in [1.165, 1.54) is 11.3 Å². The fourth-order valence-electron chi connectivity index (χ4n) is 1.82. The minimum atomic E-state index is -1.16. The van der Waals surface area contributed by atoms with E-state index < -0.39 is 10.8 Å². The lowest BCUT2D eigenvalue weighted by Crippen LogP contribution is -2.06. The number of rotatable bonds is 2. The van der Waals surface area contributed by atoms with Crippen LogP contribution < -0.4 is 5.56 Å². The second-order valence-electron chi connectivity index (χ2n) is 4.14. The van der Waals surface area contributed by atoms with Gasteiger partial charge in [0, 0.05) is 11.0 Å². The number of aromatic nitrogens is 2. The van der Waals surface area contributed by atoms with Gasteiger partial charge in [-0.25, -0.2) is 4.98 Å². The van der Waals surface area contributed by atoms with Gasteiger partial charge in [0.05, 0.1) is 16.2 Å². The van der Waals surface area contributed by atoms with Gasteiger partial charge in [0.15, 0.2) is 0 Å². The van der Waals surface area contributed by atoms with E-state index >= 15 is 0 Å². The highest BCUT2D eigenvalue weighted by Gasteiger charge is 2.09. The average Bonchev–Trinajstić information content (AvgIpc) is 2.47. The highest BCUT2D eigenvalue weighted by atomic mass is 32.2. The molecule has 0 aliphatic heterocycles. The summed E-state index contributed by atoms with van der Waals surface area (Å²) in [5.74, 6) is 0. The molecular weight excluding hydrogens is 292 g/mol. The molecule has 0 amide bonds. The largest absolute Gasteiger partial charge is 0.279 e. The fraction of sp³-hybridized carbons (Fsp3) is 0.0714. The molecule has 0 saturated heterocycles. The minimum absolute atomic E-state index is 0.265. The van der Waals surface area contributed by atoms with Crippen molar-refractivity contribution in [3.8, 4) is 10.7 Å². The van der Waals surface area contributed by atoms with Crippen LogP contribution in [0.5, 0.6) is 0 Å². The Hall–Kier alpha value is -1.92. The predicted octanol–water partition coefficient (Wildman–Crippen LogP) is 2.46. The van der Waals surface area contributed by atoms with Crippen LogP contribution in [0.15, 0.2) is 52.3 Å². The molecular formula is C14H10N2O2S2. The molecule has 0 fully saturated rings. The van der Waals surface area contributed by atoms with Crippen LogP contribution >= 0.6 is 11.3 Å². The molecule has 3 rings (SSSR count). The lowest BCUT2D eigenvalue weighted by Gasteiger charge is -2.02. The summed E-state index contributed by atoms with van der Waals surface area (Å²) in [6.07, 6.45) is 1.57. The summed E-state index contributed by atoms with van der Waals surface area (Å²) >= 11 is 1.40. The van der Waals surface area contributed by atoms with Crippen molar-refractivity contribution in [3.05, 3.63) is 52.8 Å². The first-order chi connectivity index (χ1) is 9.65. The summed E-state index contributed by atoms with van der Waals surface area (Å²) < 4.78 is 12.3. The van der Waals surface area contributed by atoms with E-state index in [0.29, 0.717) is 21.1 Å². The first-order valence-corrected chi connectivity index (χ1v) is 8.23. The number of pyridine rings is 1. The van der Waals surface area contributed by atoms with E-state index in [9.17, 15) is 9.00 Å². The Morgan fingerprint density at radius 3 is 2.65 bits per heavy atom. The van der Waals surface area contributed by atoms with E-state index in [0.717, 1.165) is 4.70 Å². The van der Waals surface area contributed by atoms with Gasteiger partial charge >= 0.3 is 0 Å². The van der Waals surface area contributed by atoms with Gasteiger partial charge in [-0.15, -0.1) is 11.3 Å². The molecule has 6 heteroatoms. The van der Waals surface area contributed by atoms with Crippen LogP contribution in [0.2, 0.25) is 0 Å². The van der Waals surface area contributed by atoms with Gasteiger partial charge in [0.2, 0.25) is 0 Å². The zero-order valence-corrected chi connectivity index (χ0v) is 12.2. The maximum absolute atomic E-state index is 12.0. The van der Waals surface area contributed by atoms with Gasteiger partial charge in [-0.3, -0.25) is 9.00 Å². The maximum Gasteiger partial charge on any atom is 0.279 e. The van der Waals surface area contributed by atoms with Crippen LogP contribution in [0, 0.1) is 0 Å². The Bertz CT molecular complexity index is 874. The van der Waals surface area contributed by atoms with Gasteiger partial charge in [-0.2, -0.15) is 4.98 Å². The quantitative estimate of drug-likeness (QED) is 0.729. The van der Waals surface area contributed by atoms with Crippen molar-refractivity contribution in [3.63, 3.8) is 0 Å². The molecule has 2 heterocycles. The topological polar surface area (TPSA) is 59.9 Å². The molecule has 0 aliphatic rings. The van der Waals surface area contributed by atoms with Crippen LogP contribution in [0.25, 0.3) is 20.8 Å². The number of hydrogen-bond donors (Lipinski definition) is 0. The standard InChI is InChI=1S/C14H10N2O2S2/c1-20(18)12-8-4-6-10(15-12)14-16-13(17)9-5-2-3-7-11(9)19-14/h2-8H,1H3. The normalized spacial score (nSPS) is 12.4. The highest BCUT2D eigenvalue weighted by Crippen LogP contribution is 2.24. The van der Waals surface area contributed by atoms with Crippen molar-refractivity contribution in [2.45, 2.75) is 5.03 Å². The van der Waals surface area contributed by atoms with Crippen molar-refractivity contribution in [1.29, 1.82) is 0 Å². The Kier molecular flexibility index (Phi) is 3.42. The van der Waals surface area contributed by atoms with Gasteiger partial charge in [0.25, 0.3) is 5.56 Å². The summed E-state index contributed by atoms with van der Waals surface area (Å²) in [6, 6.07) is 12.6. The van der Waals surface area contributed by atoms with Crippen molar-refractivity contribution in [2.75, 3.05) is 6.26 Å². The predicted molar refractivity (Wildman–Crippen MR) is 81.5 cm³/mol. The van der Waals surface area contributed by atoms with Crippen molar-refractivity contribution >= 4 is 32.2 Å². The zero-order chi connectivity index (χ0) is 14.1. The molecule has 0 aliphatic carbocycles. The Morgan fingerprint density at radius 1 is 1.05 bits per heavy atom. The van der Waals surface area contributed by atoms with E-state index in [1.54, 1.807) is 30.5 Å². The molecule has 0 N–H and O–H groups in total. The molecule has 0 bridgehead atoms. The molecule has 2 aromatic heterocycles. The highest BCUT2D eigenvalue weighted by molar-refractivity contribution is 7.84. The molecule has 3 aromatic rings. The minimum Gasteiger partial charge on any atom is -0.267 e. The lowest BCUT2D eigenvalue weighted by molar-refractivity contribution is 0.684. The number of nitrogens with zero attached hydrogens (tertiary/aromatic N) is 2. The van der Waals surface area contributed by atoms with Gasteiger partial charge in [0.1, 0.15) is 15.7 Å². The van der Waals surface area contributed by atoms with Crippen LogP contribution in [0.4, 0.5) is 0 Å². The van der Waals surface area contributed by atoms with Gasteiger partial charge < -0.3 is 0 Å². The SMILES string of the molecule is CS(=O)c1cccc(-c2nc(=O)c3ccccc3s2)n1. The zero-order valence-electron chi connectivity index (χ0n) is 10.6. The molecule has 0 saturated carbocycles. The third-order valence-electron chi connectivity index (χ3n) is 2.76. The molecule has 20 heavy (non-hydrogen) atoms. The molecule has 1 aromatic carbocycles. The number of benzene rings is 1. The smallest absolute Gasteiger partial charge is 0.267 e. The molecule has 4 nitrogen and oxygen atoms in total. The van der Waals surface area contributed by atoms with Crippen LogP contribution in [0.3, 0.4) is 0 Å². The second-order valence-corrected chi connectivity index (χ2v) is 6.49. The Labute approximate surface area is 121 Å². The summed E-state index contributed by atoms with van der Waals surface area (Å²) in [7, 11) is -1.16. The maximum atomic E-state index is 12.0. The third kappa shape index (κ3) is 2.39. The van der Waals surface area contributed by atoms with Crippen LogP contribution in [-0.2, 0) is 10.8 Å². The van der Waals surface area contributed by atoms with Gasteiger partial charge in [-0.1, -0.05) is 18.2 Å². The number of hydrogen-bond acceptors (Lipinski definition) is 5. The molecule has 1 atom stereocenters. The molecule has 1 unspecified atom stereocenters. The van der Waals surface area contributed by atoms with E-state index in [1.807, 2.05) is 18.2 Å². The van der Waals surface area contributed by atoms with E-state index in [4.69, 9.17) is 0 Å². The Balaban J connectivity index is 2.22.